The summed E-state index contributed by atoms with van der Waals surface area (Å²) in [4.78, 5) is 14.4. The molecule has 5 heteroatoms. The largest absolute Gasteiger partial charge is 0.368 e. The molecule has 1 N–H and O–H groups in total. The first kappa shape index (κ1) is 13.9. The number of hydrogen-bond donors (Lipinski definition) is 1. The van der Waals surface area contributed by atoms with Gasteiger partial charge in [0.1, 0.15) is 6.10 Å². The summed E-state index contributed by atoms with van der Waals surface area (Å²) in [6, 6.07) is 8.43. The van der Waals surface area contributed by atoms with Gasteiger partial charge in [0.05, 0.1) is 5.69 Å². The third-order valence-electron chi connectivity index (χ3n) is 3.95. The summed E-state index contributed by atoms with van der Waals surface area (Å²) < 4.78 is 6.53. The van der Waals surface area contributed by atoms with Crippen molar-refractivity contribution in [3.8, 4) is 0 Å². The van der Waals surface area contributed by atoms with Crippen LogP contribution in [-0.2, 0) is 9.53 Å². The highest BCUT2D eigenvalue weighted by molar-refractivity contribution is 9.10. The number of hydrogen-bond acceptors (Lipinski definition) is 3. The molecule has 2 atom stereocenters. The second-order valence-electron chi connectivity index (χ2n) is 5.39. The monoisotopic (exact) mass is 338 g/mol. The zero-order valence-electron chi connectivity index (χ0n) is 11.3. The molecule has 1 aromatic rings. The van der Waals surface area contributed by atoms with Crippen LogP contribution < -0.4 is 10.2 Å². The lowest BCUT2D eigenvalue weighted by atomic mass is 10.2. The van der Waals surface area contributed by atoms with Crippen LogP contribution in [0.5, 0.6) is 0 Å². The van der Waals surface area contributed by atoms with Crippen molar-refractivity contribution in [3.63, 3.8) is 0 Å². The Morgan fingerprint density at radius 3 is 2.95 bits per heavy atom. The molecule has 0 radical (unpaired) electrons. The summed E-state index contributed by atoms with van der Waals surface area (Å²) >= 11 is 3.58. The summed E-state index contributed by atoms with van der Waals surface area (Å²) in [5.41, 5.74) is 1.20. The molecule has 2 saturated heterocycles. The van der Waals surface area contributed by atoms with E-state index in [4.69, 9.17) is 4.74 Å². The van der Waals surface area contributed by atoms with Gasteiger partial charge in [-0.3, -0.25) is 4.79 Å². The zero-order chi connectivity index (χ0) is 13.9. The van der Waals surface area contributed by atoms with E-state index >= 15 is 0 Å². The predicted molar refractivity (Wildman–Crippen MR) is 81.9 cm³/mol. The van der Waals surface area contributed by atoms with E-state index in [2.05, 4.69) is 32.2 Å². The van der Waals surface area contributed by atoms with Crippen LogP contribution in [0.1, 0.15) is 19.3 Å². The molecule has 2 heterocycles. The summed E-state index contributed by atoms with van der Waals surface area (Å²) in [6.45, 7) is 2.55. The first-order chi connectivity index (χ1) is 9.74. The Bertz CT molecular complexity index is 489. The molecular weight excluding hydrogens is 320 g/mol. The Balaban J connectivity index is 1.57. The topological polar surface area (TPSA) is 41.6 Å². The number of ether oxygens (including phenoxy) is 1. The quantitative estimate of drug-likeness (QED) is 0.919. The number of anilines is 1. The fraction of sp³-hybridized carbons (Fsp3) is 0.533. The van der Waals surface area contributed by atoms with Gasteiger partial charge in [-0.15, -0.1) is 0 Å². The molecule has 0 aliphatic carbocycles. The number of amides is 1. The van der Waals surface area contributed by atoms with Crippen LogP contribution in [0, 0.1) is 0 Å². The molecule has 2 aliphatic rings. The van der Waals surface area contributed by atoms with Gasteiger partial charge in [-0.05, 0) is 47.3 Å². The minimum absolute atomic E-state index is 0.0569. The van der Waals surface area contributed by atoms with Crippen molar-refractivity contribution in [2.45, 2.75) is 31.4 Å². The van der Waals surface area contributed by atoms with E-state index < -0.39 is 0 Å². The van der Waals surface area contributed by atoms with E-state index in [9.17, 15) is 4.79 Å². The SMILES string of the molecule is O=C(N[C@H]1CCN(c2ccccc2Br)C1)[C@H]1CCCO1. The summed E-state index contributed by atoms with van der Waals surface area (Å²) in [7, 11) is 0. The molecule has 0 unspecified atom stereocenters. The average molecular weight is 339 g/mol. The van der Waals surface area contributed by atoms with Crippen LogP contribution >= 0.6 is 15.9 Å². The van der Waals surface area contributed by atoms with E-state index in [0.29, 0.717) is 6.61 Å². The smallest absolute Gasteiger partial charge is 0.249 e. The maximum atomic E-state index is 12.0. The maximum absolute atomic E-state index is 12.0. The molecule has 1 amide bonds. The van der Waals surface area contributed by atoms with Gasteiger partial charge < -0.3 is 15.0 Å². The number of halogens is 1. The lowest BCUT2D eigenvalue weighted by Gasteiger charge is -2.21. The lowest BCUT2D eigenvalue weighted by Crippen LogP contribution is -2.42. The van der Waals surface area contributed by atoms with Gasteiger partial charge in [0.15, 0.2) is 0 Å². The Kier molecular flexibility index (Phi) is 4.27. The molecule has 2 fully saturated rings. The van der Waals surface area contributed by atoms with Gasteiger partial charge in [-0.25, -0.2) is 0 Å². The molecule has 0 aromatic heterocycles. The first-order valence-electron chi connectivity index (χ1n) is 7.15. The molecule has 4 nitrogen and oxygen atoms in total. The van der Waals surface area contributed by atoms with Gasteiger partial charge in [0, 0.05) is 30.2 Å². The normalized spacial score (nSPS) is 25.9. The third-order valence-corrected chi connectivity index (χ3v) is 4.62. The van der Waals surface area contributed by atoms with Gasteiger partial charge in [0.2, 0.25) is 5.91 Å². The Morgan fingerprint density at radius 1 is 1.35 bits per heavy atom. The van der Waals surface area contributed by atoms with Crippen molar-refractivity contribution in [2.24, 2.45) is 0 Å². The van der Waals surface area contributed by atoms with E-state index in [0.717, 1.165) is 36.8 Å². The Labute approximate surface area is 127 Å². The number of carbonyl (C=O) groups is 1. The molecule has 20 heavy (non-hydrogen) atoms. The highest BCUT2D eigenvalue weighted by atomic mass is 79.9. The minimum Gasteiger partial charge on any atom is -0.368 e. The van der Waals surface area contributed by atoms with Crippen molar-refractivity contribution in [1.82, 2.24) is 5.32 Å². The van der Waals surface area contributed by atoms with Gasteiger partial charge in [-0.1, -0.05) is 12.1 Å². The number of nitrogens with zero attached hydrogens (tertiary/aromatic N) is 1. The number of para-hydroxylation sites is 1. The first-order valence-corrected chi connectivity index (χ1v) is 7.95. The fourth-order valence-corrected chi connectivity index (χ4v) is 3.42. The fourth-order valence-electron chi connectivity index (χ4n) is 2.88. The molecule has 2 aliphatic heterocycles. The van der Waals surface area contributed by atoms with E-state index in [1.807, 2.05) is 18.2 Å². The Morgan fingerprint density at radius 2 is 2.20 bits per heavy atom. The van der Waals surface area contributed by atoms with E-state index in [1.54, 1.807) is 0 Å². The van der Waals surface area contributed by atoms with Gasteiger partial charge >= 0.3 is 0 Å². The molecule has 108 valence electrons. The van der Waals surface area contributed by atoms with E-state index in [1.165, 1.54) is 5.69 Å². The average Bonchev–Trinajstić information content (AvgIpc) is 3.10. The molecule has 1 aromatic carbocycles. The molecule has 0 bridgehead atoms. The van der Waals surface area contributed by atoms with Crippen molar-refractivity contribution < 1.29 is 9.53 Å². The maximum Gasteiger partial charge on any atom is 0.249 e. The number of rotatable bonds is 3. The van der Waals surface area contributed by atoms with Crippen LogP contribution in [0.15, 0.2) is 28.7 Å². The Hall–Kier alpha value is -1.07. The predicted octanol–water partition coefficient (Wildman–Crippen LogP) is 2.32. The van der Waals surface area contributed by atoms with Crippen LogP contribution in [0.3, 0.4) is 0 Å². The standard InChI is InChI=1S/C15H19BrN2O2/c16-12-4-1-2-5-13(12)18-8-7-11(10-18)17-15(19)14-6-3-9-20-14/h1-2,4-5,11,14H,3,6-10H2,(H,17,19)/t11-,14+/m0/s1. The second-order valence-corrected chi connectivity index (χ2v) is 6.25. The van der Waals surface area contributed by atoms with Crippen LogP contribution in [0.25, 0.3) is 0 Å². The van der Waals surface area contributed by atoms with Crippen LogP contribution in [0.2, 0.25) is 0 Å². The summed E-state index contributed by atoms with van der Waals surface area (Å²) in [5, 5.41) is 3.12. The highest BCUT2D eigenvalue weighted by Crippen LogP contribution is 2.28. The summed E-state index contributed by atoms with van der Waals surface area (Å²) in [6.07, 6.45) is 2.60. The lowest BCUT2D eigenvalue weighted by molar-refractivity contribution is -0.130. The number of carbonyl (C=O) groups excluding carboxylic acids is 1. The van der Waals surface area contributed by atoms with Crippen molar-refractivity contribution >= 4 is 27.5 Å². The minimum atomic E-state index is -0.229. The second kappa shape index (κ2) is 6.14. The van der Waals surface area contributed by atoms with E-state index in [-0.39, 0.29) is 18.1 Å². The van der Waals surface area contributed by atoms with Crippen molar-refractivity contribution in [1.29, 1.82) is 0 Å². The molecular formula is C15H19BrN2O2. The van der Waals surface area contributed by atoms with Gasteiger partial charge in [0.25, 0.3) is 0 Å². The zero-order valence-corrected chi connectivity index (χ0v) is 12.9. The van der Waals surface area contributed by atoms with Gasteiger partial charge in [-0.2, -0.15) is 0 Å². The molecule has 0 saturated carbocycles. The van der Waals surface area contributed by atoms with Crippen LogP contribution in [0.4, 0.5) is 5.69 Å². The summed E-state index contributed by atoms with van der Waals surface area (Å²) in [5.74, 6) is 0.0569. The third kappa shape index (κ3) is 2.99. The van der Waals surface area contributed by atoms with Crippen molar-refractivity contribution in [2.75, 3.05) is 24.6 Å². The molecule has 3 rings (SSSR count). The van der Waals surface area contributed by atoms with Crippen LogP contribution in [-0.4, -0.2) is 37.7 Å². The number of nitrogens with one attached hydrogen (secondary N) is 1. The van der Waals surface area contributed by atoms with Crippen molar-refractivity contribution in [3.05, 3.63) is 28.7 Å². The number of benzene rings is 1. The highest BCUT2D eigenvalue weighted by Gasteiger charge is 2.29. The molecule has 0 spiro atoms.